The first-order valence-corrected chi connectivity index (χ1v) is 8.11. The molecule has 2 nitrogen and oxygen atoms in total. The molecular weight excluding hydrogens is 341 g/mol. The first-order chi connectivity index (χ1) is 9.63. The lowest BCUT2D eigenvalue weighted by atomic mass is 10.0. The highest BCUT2D eigenvalue weighted by Gasteiger charge is 2.15. The van der Waals surface area contributed by atoms with Crippen LogP contribution in [0.4, 0.5) is 4.39 Å². The molecule has 0 fully saturated rings. The molecule has 2 aromatic rings. The molecule has 108 valence electrons. The van der Waals surface area contributed by atoms with E-state index in [0.29, 0.717) is 0 Å². The number of nitrogens with one attached hydrogen (secondary N) is 1. The van der Waals surface area contributed by atoms with E-state index in [1.54, 1.807) is 18.4 Å². The van der Waals surface area contributed by atoms with Gasteiger partial charge in [0.2, 0.25) is 0 Å². The van der Waals surface area contributed by atoms with Crippen molar-refractivity contribution in [3.63, 3.8) is 0 Å². The maximum Gasteiger partial charge on any atom is 0.129 e. The van der Waals surface area contributed by atoms with E-state index in [1.165, 1.54) is 17.0 Å². The Morgan fingerprint density at radius 3 is 2.80 bits per heavy atom. The van der Waals surface area contributed by atoms with Crippen molar-refractivity contribution < 1.29 is 9.13 Å². The van der Waals surface area contributed by atoms with Gasteiger partial charge < -0.3 is 10.1 Å². The molecule has 0 amide bonds. The summed E-state index contributed by atoms with van der Waals surface area (Å²) in [5, 5.41) is 5.47. The van der Waals surface area contributed by atoms with E-state index in [4.69, 9.17) is 4.74 Å². The molecule has 2 rings (SSSR count). The van der Waals surface area contributed by atoms with Gasteiger partial charge in [-0.25, -0.2) is 4.39 Å². The topological polar surface area (TPSA) is 21.3 Å². The zero-order valence-electron chi connectivity index (χ0n) is 11.5. The minimum Gasteiger partial charge on any atom is -0.496 e. The van der Waals surface area contributed by atoms with Crippen LogP contribution in [0.15, 0.2) is 34.1 Å². The molecule has 1 aromatic carbocycles. The van der Waals surface area contributed by atoms with Gasteiger partial charge in [-0.2, -0.15) is 0 Å². The normalized spacial score (nSPS) is 12.4. The summed E-state index contributed by atoms with van der Waals surface area (Å²) in [6.45, 7) is 2.96. The predicted octanol–water partition coefficient (Wildman–Crippen LogP) is 4.55. The minimum absolute atomic E-state index is 0.204. The Labute approximate surface area is 131 Å². The second-order valence-electron chi connectivity index (χ2n) is 4.44. The van der Waals surface area contributed by atoms with Crippen molar-refractivity contribution in [3.05, 3.63) is 50.4 Å². The van der Waals surface area contributed by atoms with Gasteiger partial charge in [0.1, 0.15) is 11.6 Å². The Hall–Kier alpha value is -0.910. The van der Waals surface area contributed by atoms with E-state index in [9.17, 15) is 4.39 Å². The Morgan fingerprint density at radius 1 is 1.40 bits per heavy atom. The van der Waals surface area contributed by atoms with E-state index < -0.39 is 0 Å². The SMILES string of the molecule is CCNC(Cc1ccc(F)cc1Br)c1cc(OC)cs1. The number of ether oxygens (including phenoxy) is 1. The lowest BCUT2D eigenvalue weighted by molar-refractivity contribution is 0.415. The maximum atomic E-state index is 13.1. The van der Waals surface area contributed by atoms with Gasteiger partial charge in [-0.1, -0.05) is 28.9 Å². The second-order valence-corrected chi connectivity index (χ2v) is 6.24. The van der Waals surface area contributed by atoms with Crippen LogP contribution in [0.3, 0.4) is 0 Å². The fourth-order valence-electron chi connectivity index (χ4n) is 2.05. The van der Waals surface area contributed by atoms with E-state index in [0.717, 1.165) is 28.8 Å². The molecule has 1 heterocycles. The van der Waals surface area contributed by atoms with E-state index in [-0.39, 0.29) is 11.9 Å². The Morgan fingerprint density at radius 2 is 2.20 bits per heavy atom. The molecule has 0 aliphatic rings. The van der Waals surface area contributed by atoms with Crippen LogP contribution < -0.4 is 10.1 Å². The van der Waals surface area contributed by atoms with Crippen molar-refractivity contribution in [2.24, 2.45) is 0 Å². The number of thiophene rings is 1. The van der Waals surface area contributed by atoms with Gasteiger partial charge in [0.05, 0.1) is 7.11 Å². The van der Waals surface area contributed by atoms with Gasteiger partial charge in [0.25, 0.3) is 0 Å². The van der Waals surface area contributed by atoms with Gasteiger partial charge in [-0.3, -0.25) is 0 Å². The molecule has 1 aromatic heterocycles. The number of methoxy groups -OCH3 is 1. The monoisotopic (exact) mass is 357 g/mol. The van der Waals surface area contributed by atoms with Gasteiger partial charge in [-0.05, 0) is 36.7 Å². The van der Waals surface area contributed by atoms with Crippen molar-refractivity contribution in [1.29, 1.82) is 0 Å². The first-order valence-electron chi connectivity index (χ1n) is 6.43. The van der Waals surface area contributed by atoms with Crippen LogP contribution in [0.25, 0.3) is 0 Å². The number of halogens is 2. The smallest absolute Gasteiger partial charge is 0.129 e. The lowest BCUT2D eigenvalue weighted by Crippen LogP contribution is -2.22. The largest absolute Gasteiger partial charge is 0.496 e. The van der Waals surface area contributed by atoms with Crippen LogP contribution in [-0.4, -0.2) is 13.7 Å². The molecule has 0 aliphatic heterocycles. The molecule has 1 N–H and O–H groups in total. The third kappa shape index (κ3) is 3.81. The third-order valence-corrected chi connectivity index (χ3v) is 4.83. The summed E-state index contributed by atoms with van der Waals surface area (Å²) in [7, 11) is 1.67. The van der Waals surface area contributed by atoms with Crippen molar-refractivity contribution in [3.8, 4) is 5.75 Å². The molecule has 0 radical (unpaired) electrons. The van der Waals surface area contributed by atoms with Crippen LogP contribution >= 0.6 is 27.3 Å². The molecule has 20 heavy (non-hydrogen) atoms. The zero-order valence-corrected chi connectivity index (χ0v) is 13.9. The average Bonchev–Trinajstić information content (AvgIpc) is 2.90. The van der Waals surface area contributed by atoms with Crippen LogP contribution in [0.5, 0.6) is 5.75 Å². The number of hydrogen-bond donors (Lipinski definition) is 1. The number of rotatable bonds is 6. The molecule has 0 saturated carbocycles. The molecule has 0 bridgehead atoms. The summed E-state index contributed by atoms with van der Waals surface area (Å²) in [4.78, 5) is 1.22. The molecule has 5 heteroatoms. The molecule has 1 unspecified atom stereocenters. The van der Waals surface area contributed by atoms with Gasteiger partial charge in [0.15, 0.2) is 0 Å². The fraction of sp³-hybridized carbons (Fsp3) is 0.333. The van der Waals surface area contributed by atoms with E-state index in [2.05, 4.69) is 34.2 Å². The second kappa shape index (κ2) is 7.20. The highest BCUT2D eigenvalue weighted by Crippen LogP contribution is 2.30. The van der Waals surface area contributed by atoms with Crippen LogP contribution in [0.1, 0.15) is 23.4 Å². The Balaban J connectivity index is 2.20. The van der Waals surface area contributed by atoms with Crippen molar-refractivity contribution in [2.45, 2.75) is 19.4 Å². The van der Waals surface area contributed by atoms with Crippen LogP contribution in [0.2, 0.25) is 0 Å². The van der Waals surface area contributed by atoms with Crippen LogP contribution in [0, 0.1) is 5.82 Å². The van der Waals surface area contributed by atoms with Crippen LogP contribution in [-0.2, 0) is 6.42 Å². The van der Waals surface area contributed by atoms with Gasteiger partial charge in [0, 0.05) is 20.8 Å². The summed E-state index contributed by atoms with van der Waals surface area (Å²) < 4.78 is 19.2. The fourth-order valence-corrected chi connectivity index (χ4v) is 3.50. The van der Waals surface area contributed by atoms with Crippen molar-refractivity contribution in [2.75, 3.05) is 13.7 Å². The van der Waals surface area contributed by atoms with Gasteiger partial charge in [-0.15, -0.1) is 11.3 Å². The summed E-state index contributed by atoms with van der Waals surface area (Å²) in [6.07, 6.45) is 0.804. The lowest BCUT2D eigenvalue weighted by Gasteiger charge is -2.17. The third-order valence-electron chi connectivity index (χ3n) is 3.06. The summed E-state index contributed by atoms with van der Waals surface area (Å²) in [5.41, 5.74) is 1.09. The molecular formula is C15H17BrFNOS. The average molecular weight is 358 g/mol. The predicted molar refractivity (Wildman–Crippen MR) is 85.1 cm³/mol. The molecule has 0 aliphatic carbocycles. The van der Waals surface area contributed by atoms with Crippen molar-refractivity contribution >= 4 is 27.3 Å². The summed E-state index contributed by atoms with van der Waals surface area (Å²) in [5.74, 6) is 0.657. The first kappa shape index (κ1) is 15.5. The quantitative estimate of drug-likeness (QED) is 0.818. The van der Waals surface area contributed by atoms with E-state index in [1.807, 2.05) is 11.4 Å². The van der Waals surface area contributed by atoms with Crippen molar-refractivity contribution in [1.82, 2.24) is 5.32 Å². The Bertz CT molecular complexity index is 573. The minimum atomic E-state index is -0.224. The highest BCUT2D eigenvalue weighted by atomic mass is 79.9. The number of benzene rings is 1. The standard InChI is InChI=1S/C15H17BrFNOS/c1-3-18-14(15-8-12(19-2)9-20-15)6-10-4-5-11(17)7-13(10)16/h4-5,7-9,14,18H,3,6H2,1-2H3. The molecule has 0 spiro atoms. The maximum absolute atomic E-state index is 13.1. The molecule has 1 atom stereocenters. The summed E-state index contributed by atoms with van der Waals surface area (Å²) >= 11 is 5.10. The zero-order chi connectivity index (χ0) is 14.5. The van der Waals surface area contributed by atoms with Gasteiger partial charge >= 0.3 is 0 Å². The molecule has 0 saturated heterocycles. The number of hydrogen-bond acceptors (Lipinski definition) is 3. The Kier molecular flexibility index (Phi) is 5.57. The number of likely N-dealkylation sites (N-methyl/N-ethyl adjacent to an activating group) is 1. The summed E-state index contributed by atoms with van der Waals surface area (Å²) in [6, 6.07) is 7.09. The van der Waals surface area contributed by atoms with E-state index >= 15 is 0 Å². The highest BCUT2D eigenvalue weighted by molar-refractivity contribution is 9.10.